The van der Waals surface area contributed by atoms with E-state index in [9.17, 15) is 0 Å². The van der Waals surface area contributed by atoms with Gasteiger partial charge in [0.1, 0.15) is 0 Å². The molecule has 0 rings (SSSR count). The zero-order chi connectivity index (χ0) is 9.94. The molecule has 0 aromatic carbocycles. The molecule has 0 fully saturated rings. The first-order valence-corrected chi connectivity index (χ1v) is 11.3. The quantitative estimate of drug-likeness (QED) is 0.387. The summed E-state index contributed by atoms with van der Waals surface area (Å²) < 4.78 is 0. The summed E-state index contributed by atoms with van der Waals surface area (Å²) in [6.07, 6.45) is 7.70. The number of rotatable bonds is 9. The van der Waals surface area contributed by atoms with Gasteiger partial charge in [0.05, 0.1) is 5.53 Å². The van der Waals surface area contributed by atoms with Crippen molar-refractivity contribution in [2.45, 2.75) is 39.5 Å². The first-order valence-electron chi connectivity index (χ1n) is 4.95. The first kappa shape index (κ1) is 14.5. The van der Waals surface area contributed by atoms with E-state index in [-0.39, 0.29) is 5.53 Å². The normalized spacial score (nSPS) is 11.1. The maximum absolute atomic E-state index is 2.27. The predicted molar refractivity (Wildman–Crippen MR) is 75.2 cm³/mol. The van der Waals surface area contributed by atoms with Gasteiger partial charge >= 0.3 is 0 Å². The van der Waals surface area contributed by atoms with Crippen molar-refractivity contribution >= 4 is 39.7 Å². The van der Waals surface area contributed by atoms with Crippen LogP contribution in [-0.2, 0) is 0 Å². The van der Waals surface area contributed by atoms with E-state index in [1.807, 2.05) is 0 Å². The fourth-order valence-corrected chi connectivity index (χ4v) is 9.91. The minimum atomic E-state index is 0.168. The second-order valence-electron chi connectivity index (χ2n) is 2.78. The standard InChI is InChI=1S/C9H21PS3/c1-4-6-8-12-10(11-3)13-9-7-5-2/h4-9H2,1-3H3. The summed E-state index contributed by atoms with van der Waals surface area (Å²) >= 11 is 6.44. The van der Waals surface area contributed by atoms with Gasteiger partial charge in [0, 0.05) is 0 Å². The average Bonchev–Trinajstić information content (AvgIpc) is 2.16. The van der Waals surface area contributed by atoms with Gasteiger partial charge in [0.2, 0.25) is 0 Å². The Hall–Kier alpha value is 1.48. The lowest BCUT2D eigenvalue weighted by Crippen LogP contribution is -1.76. The maximum atomic E-state index is 2.27. The fourth-order valence-electron chi connectivity index (χ4n) is 0.710. The summed E-state index contributed by atoms with van der Waals surface area (Å²) in [6, 6.07) is 0. The van der Waals surface area contributed by atoms with Crippen molar-refractivity contribution in [1.82, 2.24) is 0 Å². The van der Waals surface area contributed by atoms with Crippen LogP contribution in [0.4, 0.5) is 0 Å². The predicted octanol–water partition coefficient (Wildman–Crippen LogP) is 5.64. The van der Waals surface area contributed by atoms with E-state index in [4.69, 9.17) is 0 Å². The van der Waals surface area contributed by atoms with Crippen molar-refractivity contribution in [3.63, 3.8) is 0 Å². The summed E-state index contributed by atoms with van der Waals surface area (Å²) in [5.74, 6) is 2.73. The molecule has 0 amide bonds. The monoisotopic (exact) mass is 256 g/mol. The summed E-state index contributed by atoms with van der Waals surface area (Å²) in [4.78, 5) is 0. The van der Waals surface area contributed by atoms with E-state index >= 15 is 0 Å². The van der Waals surface area contributed by atoms with Crippen LogP contribution in [0.5, 0.6) is 0 Å². The fraction of sp³-hybridized carbons (Fsp3) is 1.00. The first-order chi connectivity index (χ1) is 6.35. The van der Waals surface area contributed by atoms with Crippen LogP contribution in [0.2, 0.25) is 0 Å². The van der Waals surface area contributed by atoms with E-state index in [0.29, 0.717) is 0 Å². The van der Waals surface area contributed by atoms with Crippen molar-refractivity contribution in [2.24, 2.45) is 0 Å². The van der Waals surface area contributed by atoms with E-state index in [0.717, 1.165) is 0 Å². The maximum Gasteiger partial charge on any atom is 0.0726 e. The van der Waals surface area contributed by atoms with Gasteiger partial charge in [0.15, 0.2) is 0 Å². The zero-order valence-corrected chi connectivity index (χ0v) is 12.3. The van der Waals surface area contributed by atoms with Crippen LogP contribution >= 0.6 is 39.7 Å². The van der Waals surface area contributed by atoms with Gasteiger partial charge in [-0.1, -0.05) is 26.7 Å². The van der Waals surface area contributed by atoms with Gasteiger partial charge < -0.3 is 0 Å². The van der Waals surface area contributed by atoms with Crippen molar-refractivity contribution in [3.8, 4) is 0 Å². The molecule has 0 heterocycles. The third-order valence-electron chi connectivity index (χ3n) is 1.54. The Balaban J connectivity index is 3.28. The van der Waals surface area contributed by atoms with Gasteiger partial charge in [-0.15, -0.1) is 34.1 Å². The lowest BCUT2D eigenvalue weighted by Gasteiger charge is -2.12. The summed E-state index contributed by atoms with van der Waals surface area (Å²) in [7, 11) is 0. The second kappa shape index (κ2) is 11.6. The van der Waals surface area contributed by atoms with Crippen LogP contribution < -0.4 is 0 Å². The number of hydrogen-bond donors (Lipinski definition) is 0. The molecule has 0 bridgehead atoms. The molecule has 0 nitrogen and oxygen atoms in total. The molecule has 0 saturated heterocycles. The van der Waals surface area contributed by atoms with Crippen molar-refractivity contribution < 1.29 is 0 Å². The molecule has 0 atom stereocenters. The molecule has 0 aromatic heterocycles. The Bertz CT molecular complexity index is 90.9. The van der Waals surface area contributed by atoms with Crippen LogP contribution in [0, 0.1) is 0 Å². The van der Waals surface area contributed by atoms with Crippen LogP contribution in [0.15, 0.2) is 0 Å². The molecule has 0 spiro atoms. The summed E-state index contributed by atoms with van der Waals surface area (Å²) in [5, 5.41) is 0. The lowest BCUT2D eigenvalue weighted by molar-refractivity contribution is 0.898. The Kier molecular flexibility index (Phi) is 12.9. The van der Waals surface area contributed by atoms with E-state index in [2.05, 4.69) is 54.2 Å². The lowest BCUT2D eigenvalue weighted by atomic mass is 10.4. The smallest absolute Gasteiger partial charge is 0.0726 e. The summed E-state index contributed by atoms with van der Waals surface area (Å²) in [6.45, 7) is 4.54. The summed E-state index contributed by atoms with van der Waals surface area (Å²) in [5.41, 5.74) is 0.168. The molecule has 0 saturated carbocycles. The minimum absolute atomic E-state index is 0.168. The van der Waals surface area contributed by atoms with Crippen molar-refractivity contribution in [2.75, 3.05) is 17.8 Å². The van der Waals surface area contributed by atoms with Crippen LogP contribution in [0.3, 0.4) is 0 Å². The van der Waals surface area contributed by atoms with Crippen LogP contribution in [-0.4, -0.2) is 17.8 Å². The molecule has 13 heavy (non-hydrogen) atoms. The zero-order valence-electron chi connectivity index (χ0n) is 8.91. The Labute approximate surface area is 96.8 Å². The average molecular weight is 256 g/mol. The van der Waals surface area contributed by atoms with Gasteiger partial charge in [-0.25, -0.2) is 0 Å². The van der Waals surface area contributed by atoms with Gasteiger partial charge in [0.25, 0.3) is 0 Å². The van der Waals surface area contributed by atoms with Crippen LogP contribution in [0.25, 0.3) is 0 Å². The molecule has 0 aromatic rings. The molecule has 4 heteroatoms. The van der Waals surface area contributed by atoms with Gasteiger partial charge in [-0.05, 0) is 30.6 Å². The second-order valence-corrected chi connectivity index (χ2v) is 12.9. The topological polar surface area (TPSA) is 0 Å². The molecular formula is C9H21PS3. The Morgan fingerprint density at radius 2 is 1.38 bits per heavy atom. The van der Waals surface area contributed by atoms with Crippen LogP contribution in [0.1, 0.15) is 39.5 Å². The van der Waals surface area contributed by atoms with Gasteiger partial charge in [-0.2, -0.15) is 0 Å². The highest BCUT2D eigenvalue weighted by molar-refractivity contribution is 9.12. The van der Waals surface area contributed by atoms with E-state index in [1.165, 1.54) is 37.2 Å². The number of unbranched alkanes of at least 4 members (excludes halogenated alkanes) is 2. The highest BCUT2D eigenvalue weighted by Crippen LogP contribution is 2.69. The molecule has 0 aliphatic heterocycles. The minimum Gasteiger partial charge on any atom is -0.116 e. The molecule has 0 unspecified atom stereocenters. The SMILES string of the molecule is CCCCSP(SC)SCCCC. The van der Waals surface area contributed by atoms with Gasteiger partial charge in [-0.3, -0.25) is 0 Å². The number of hydrogen-bond acceptors (Lipinski definition) is 3. The molecular weight excluding hydrogens is 235 g/mol. The Morgan fingerprint density at radius 3 is 1.69 bits per heavy atom. The third-order valence-corrected chi connectivity index (χ3v) is 12.9. The van der Waals surface area contributed by atoms with E-state index in [1.54, 1.807) is 0 Å². The highest BCUT2D eigenvalue weighted by Gasteiger charge is 2.06. The third kappa shape index (κ3) is 9.78. The van der Waals surface area contributed by atoms with Crippen molar-refractivity contribution in [1.29, 1.82) is 0 Å². The van der Waals surface area contributed by atoms with Crippen molar-refractivity contribution in [3.05, 3.63) is 0 Å². The molecule has 0 radical (unpaired) electrons. The van der Waals surface area contributed by atoms with E-state index < -0.39 is 0 Å². The Morgan fingerprint density at radius 1 is 0.923 bits per heavy atom. The molecule has 80 valence electrons. The molecule has 0 N–H and O–H groups in total. The highest BCUT2D eigenvalue weighted by atomic mass is 33.4. The molecule has 0 aliphatic rings. The molecule has 0 aliphatic carbocycles. The largest absolute Gasteiger partial charge is 0.116 e.